The number of rotatable bonds is 9. The van der Waals surface area contributed by atoms with E-state index in [-0.39, 0.29) is 12.5 Å². The predicted octanol–water partition coefficient (Wildman–Crippen LogP) is 1.72. The fourth-order valence-corrected chi connectivity index (χ4v) is 2.13. The molecule has 0 saturated carbocycles. The van der Waals surface area contributed by atoms with E-state index in [0.717, 1.165) is 5.56 Å². The third-order valence-electron chi connectivity index (χ3n) is 3.37. The molecular formula is C17H25F3N4O2. The number of hydrogen-bond donors (Lipinski definition) is 3. The third kappa shape index (κ3) is 9.26. The molecule has 26 heavy (non-hydrogen) atoms. The average Bonchev–Trinajstić information content (AvgIpc) is 2.61. The second kappa shape index (κ2) is 11.3. The summed E-state index contributed by atoms with van der Waals surface area (Å²) in [6.45, 7) is -0.157. The summed E-state index contributed by atoms with van der Waals surface area (Å²) in [7, 11) is 3.20. The van der Waals surface area contributed by atoms with Crippen LogP contribution in [0.2, 0.25) is 0 Å². The number of halogens is 3. The fraction of sp³-hybridized carbons (Fsp3) is 0.529. The Balaban J connectivity index is 2.25. The second-order valence-corrected chi connectivity index (χ2v) is 5.48. The normalized spacial score (nSPS) is 12.0. The minimum Gasteiger partial charge on any atom is -0.372 e. The summed E-state index contributed by atoms with van der Waals surface area (Å²) in [4.78, 5) is 15.7. The van der Waals surface area contributed by atoms with Gasteiger partial charge in [-0.25, -0.2) is 0 Å². The van der Waals surface area contributed by atoms with Crippen LogP contribution in [0.1, 0.15) is 22.3 Å². The van der Waals surface area contributed by atoms with Crippen molar-refractivity contribution in [3.05, 3.63) is 35.4 Å². The lowest BCUT2D eigenvalue weighted by Crippen LogP contribution is -2.39. The van der Waals surface area contributed by atoms with Crippen LogP contribution in [0.15, 0.2) is 29.3 Å². The number of aliphatic imine (C=N–C) groups is 1. The molecule has 146 valence electrons. The minimum atomic E-state index is -4.29. The van der Waals surface area contributed by atoms with Gasteiger partial charge in [0.15, 0.2) is 5.96 Å². The van der Waals surface area contributed by atoms with Crippen molar-refractivity contribution < 1.29 is 22.7 Å². The zero-order valence-electron chi connectivity index (χ0n) is 14.9. The van der Waals surface area contributed by atoms with Crippen molar-refractivity contribution >= 4 is 11.9 Å². The van der Waals surface area contributed by atoms with Crippen LogP contribution >= 0.6 is 0 Å². The monoisotopic (exact) mass is 374 g/mol. The maximum atomic E-state index is 11.9. The molecule has 0 aromatic heterocycles. The van der Waals surface area contributed by atoms with Gasteiger partial charge < -0.3 is 20.7 Å². The van der Waals surface area contributed by atoms with Crippen LogP contribution in [0.3, 0.4) is 0 Å². The van der Waals surface area contributed by atoms with Crippen LogP contribution in [0.4, 0.5) is 13.2 Å². The lowest BCUT2D eigenvalue weighted by Gasteiger charge is -2.12. The van der Waals surface area contributed by atoms with Gasteiger partial charge in [-0.2, -0.15) is 13.2 Å². The van der Waals surface area contributed by atoms with Crippen molar-refractivity contribution in [1.82, 2.24) is 16.0 Å². The van der Waals surface area contributed by atoms with E-state index in [9.17, 15) is 18.0 Å². The molecule has 1 aromatic rings. The second-order valence-electron chi connectivity index (χ2n) is 5.48. The molecule has 0 aliphatic rings. The highest BCUT2D eigenvalue weighted by Crippen LogP contribution is 2.14. The Morgan fingerprint density at radius 1 is 1.23 bits per heavy atom. The molecule has 1 aromatic carbocycles. The van der Waals surface area contributed by atoms with E-state index in [4.69, 9.17) is 0 Å². The molecule has 0 bridgehead atoms. The van der Waals surface area contributed by atoms with E-state index < -0.39 is 12.8 Å². The molecule has 0 unspecified atom stereocenters. The van der Waals surface area contributed by atoms with Crippen LogP contribution in [0, 0.1) is 0 Å². The van der Waals surface area contributed by atoms with E-state index in [2.05, 4.69) is 25.7 Å². The Morgan fingerprint density at radius 2 is 1.96 bits per heavy atom. The standard InChI is InChI=1S/C17H25F3N4O2/c1-21-15(25)14-6-3-5-13(11-14)7-9-24-16(22-2)23-8-4-10-26-12-17(18,19)20/h3,5-6,11H,4,7-10,12H2,1-2H3,(H,21,25)(H2,22,23,24). The lowest BCUT2D eigenvalue weighted by atomic mass is 10.1. The predicted molar refractivity (Wildman–Crippen MR) is 94.4 cm³/mol. The maximum absolute atomic E-state index is 11.9. The highest BCUT2D eigenvalue weighted by Gasteiger charge is 2.27. The molecular weight excluding hydrogens is 349 g/mol. The molecule has 0 fully saturated rings. The van der Waals surface area contributed by atoms with Crippen LogP contribution < -0.4 is 16.0 Å². The molecule has 1 rings (SSSR count). The zero-order chi connectivity index (χ0) is 19.4. The van der Waals surface area contributed by atoms with Crippen molar-refractivity contribution in [3.63, 3.8) is 0 Å². The highest BCUT2D eigenvalue weighted by molar-refractivity contribution is 5.94. The van der Waals surface area contributed by atoms with E-state index in [1.54, 1.807) is 20.2 Å². The molecule has 6 nitrogen and oxygen atoms in total. The van der Waals surface area contributed by atoms with Crippen molar-refractivity contribution in [2.75, 3.05) is 40.4 Å². The molecule has 0 spiro atoms. The summed E-state index contributed by atoms with van der Waals surface area (Å²) in [5, 5.41) is 8.70. The molecule has 9 heteroatoms. The van der Waals surface area contributed by atoms with Crippen molar-refractivity contribution in [2.45, 2.75) is 19.0 Å². The molecule has 0 aliphatic heterocycles. The first kappa shape index (κ1) is 21.8. The Morgan fingerprint density at radius 3 is 2.62 bits per heavy atom. The zero-order valence-corrected chi connectivity index (χ0v) is 14.9. The van der Waals surface area contributed by atoms with Crippen LogP contribution in [0.25, 0.3) is 0 Å². The van der Waals surface area contributed by atoms with Gasteiger partial charge in [-0.05, 0) is 30.5 Å². The maximum Gasteiger partial charge on any atom is 0.411 e. The number of carbonyl (C=O) groups is 1. The average molecular weight is 374 g/mol. The number of benzene rings is 1. The first-order valence-corrected chi connectivity index (χ1v) is 8.25. The van der Waals surface area contributed by atoms with E-state index in [1.807, 2.05) is 18.2 Å². The summed E-state index contributed by atoms with van der Waals surface area (Å²) in [5.74, 6) is 0.424. The molecule has 3 N–H and O–H groups in total. The summed E-state index contributed by atoms with van der Waals surface area (Å²) < 4.78 is 40.3. The summed E-state index contributed by atoms with van der Waals surface area (Å²) in [6.07, 6.45) is -3.16. The molecule has 0 heterocycles. The Labute approximate surface area is 151 Å². The molecule has 0 aliphatic carbocycles. The van der Waals surface area contributed by atoms with Crippen LogP contribution in [-0.2, 0) is 11.2 Å². The number of carbonyl (C=O) groups excluding carboxylic acids is 1. The number of amides is 1. The quantitative estimate of drug-likeness (QED) is 0.350. The van der Waals surface area contributed by atoms with Gasteiger partial charge in [0.2, 0.25) is 0 Å². The number of hydrogen-bond acceptors (Lipinski definition) is 3. The minimum absolute atomic E-state index is 0.0236. The van der Waals surface area contributed by atoms with Gasteiger partial charge in [-0.3, -0.25) is 9.79 Å². The molecule has 0 saturated heterocycles. The highest BCUT2D eigenvalue weighted by atomic mass is 19.4. The SMILES string of the molecule is CN=C(NCCCOCC(F)(F)F)NCCc1cccc(C(=O)NC)c1. The number of nitrogens with one attached hydrogen (secondary N) is 3. The van der Waals surface area contributed by atoms with Crippen molar-refractivity contribution in [1.29, 1.82) is 0 Å². The topological polar surface area (TPSA) is 74.8 Å². The Bertz CT molecular complexity index is 592. The fourth-order valence-electron chi connectivity index (χ4n) is 2.13. The number of ether oxygens (including phenoxy) is 1. The molecule has 0 atom stereocenters. The summed E-state index contributed by atoms with van der Waals surface area (Å²) >= 11 is 0. The van der Waals surface area contributed by atoms with Gasteiger partial charge in [-0.15, -0.1) is 0 Å². The van der Waals surface area contributed by atoms with Gasteiger partial charge in [0, 0.05) is 39.4 Å². The van der Waals surface area contributed by atoms with Crippen LogP contribution in [-0.4, -0.2) is 58.4 Å². The van der Waals surface area contributed by atoms with E-state index in [0.29, 0.717) is 37.5 Å². The smallest absolute Gasteiger partial charge is 0.372 e. The van der Waals surface area contributed by atoms with Gasteiger partial charge in [0.25, 0.3) is 5.91 Å². The first-order valence-electron chi connectivity index (χ1n) is 8.25. The van der Waals surface area contributed by atoms with E-state index in [1.165, 1.54) is 0 Å². The Hall–Kier alpha value is -2.29. The number of guanidine groups is 1. The largest absolute Gasteiger partial charge is 0.411 e. The van der Waals surface area contributed by atoms with Crippen molar-refractivity contribution in [2.24, 2.45) is 4.99 Å². The van der Waals surface area contributed by atoms with Gasteiger partial charge in [0.1, 0.15) is 6.61 Å². The van der Waals surface area contributed by atoms with Gasteiger partial charge in [0.05, 0.1) is 0 Å². The molecule has 0 radical (unpaired) electrons. The van der Waals surface area contributed by atoms with Crippen LogP contribution in [0.5, 0.6) is 0 Å². The van der Waals surface area contributed by atoms with Gasteiger partial charge >= 0.3 is 6.18 Å². The van der Waals surface area contributed by atoms with Gasteiger partial charge in [-0.1, -0.05) is 12.1 Å². The lowest BCUT2D eigenvalue weighted by molar-refractivity contribution is -0.173. The number of alkyl halides is 3. The van der Waals surface area contributed by atoms with Crippen molar-refractivity contribution in [3.8, 4) is 0 Å². The Kier molecular flexibility index (Phi) is 9.50. The third-order valence-corrected chi connectivity index (χ3v) is 3.37. The first-order chi connectivity index (χ1) is 12.4. The summed E-state index contributed by atoms with van der Waals surface area (Å²) in [6, 6.07) is 7.34. The summed E-state index contributed by atoms with van der Waals surface area (Å²) in [5.41, 5.74) is 1.61. The molecule has 1 amide bonds. The number of nitrogens with zero attached hydrogens (tertiary/aromatic N) is 1. The van der Waals surface area contributed by atoms with E-state index >= 15 is 0 Å².